The first-order valence-corrected chi connectivity index (χ1v) is 9.36. The molecule has 1 fully saturated rings. The Labute approximate surface area is 176 Å². The minimum Gasteiger partial charge on any atom is -0.463 e. The van der Waals surface area contributed by atoms with E-state index in [0.29, 0.717) is 5.56 Å². The quantitative estimate of drug-likeness (QED) is 0.378. The first-order valence-electron chi connectivity index (χ1n) is 9.36. The van der Waals surface area contributed by atoms with Crippen LogP contribution in [0, 0.1) is 5.92 Å². The maximum Gasteiger partial charge on any atom is 0.325 e. The second kappa shape index (κ2) is 8.30. The monoisotopic (exact) mass is 449 g/mol. The lowest BCUT2D eigenvalue weighted by atomic mass is 10.1. The van der Waals surface area contributed by atoms with Gasteiger partial charge in [0.15, 0.2) is 0 Å². The Morgan fingerprint density at radius 1 is 1.22 bits per heavy atom. The summed E-state index contributed by atoms with van der Waals surface area (Å²) in [6, 6.07) is 1.09. The predicted octanol–water partition coefficient (Wildman–Crippen LogP) is -0.754. The summed E-state index contributed by atoms with van der Waals surface area (Å²) in [6.45, 7) is -1.63. The summed E-state index contributed by atoms with van der Waals surface area (Å²) in [6.07, 6.45) is 3.75. The van der Waals surface area contributed by atoms with Gasteiger partial charge >= 0.3 is 11.7 Å². The Bertz CT molecular complexity index is 1290. The highest BCUT2D eigenvalue weighted by Crippen LogP contribution is 2.35. The van der Waals surface area contributed by atoms with E-state index in [1.165, 1.54) is 23.4 Å². The molecule has 0 aliphatic carbocycles. The Hall–Kier alpha value is -3.94. The Kier molecular flexibility index (Phi) is 5.52. The number of hydrogen-bond donors (Lipinski definition) is 4. The number of nitrogens with one attached hydrogen (secondary N) is 3. The number of aliphatic hydroxyl groups is 1. The van der Waals surface area contributed by atoms with Crippen LogP contribution in [-0.2, 0) is 6.61 Å². The maximum atomic E-state index is 14.6. The van der Waals surface area contributed by atoms with E-state index in [0.717, 1.165) is 6.20 Å². The average Bonchev–Trinajstić information content (AvgIpc) is 3.07. The third-order valence-corrected chi connectivity index (χ3v) is 4.94. The molecule has 4 rings (SSSR count). The predicted molar refractivity (Wildman–Crippen MR) is 106 cm³/mol. The fraction of sp³-hybridized carbons (Fsp3) is 0.333. The van der Waals surface area contributed by atoms with Crippen LogP contribution in [0.2, 0.25) is 0 Å². The summed E-state index contributed by atoms with van der Waals surface area (Å²) in [5.74, 6) is -4.45. The van der Waals surface area contributed by atoms with Crippen LogP contribution in [0.5, 0.6) is 6.01 Å². The van der Waals surface area contributed by atoms with Gasteiger partial charge in [-0.1, -0.05) is 0 Å². The van der Waals surface area contributed by atoms with Gasteiger partial charge in [-0.25, -0.2) is 28.6 Å². The van der Waals surface area contributed by atoms with Crippen molar-refractivity contribution in [2.75, 3.05) is 24.6 Å². The van der Waals surface area contributed by atoms with E-state index < -0.39 is 41.8 Å². The largest absolute Gasteiger partial charge is 0.463 e. The van der Waals surface area contributed by atoms with E-state index in [1.807, 2.05) is 4.98 Å². The fourth-order valence-electron chi connectivity index (χ4n) is 3.25. The third kappa shape index (κ3) is 4.25. The van der Waals surface area contributed by atoms with Crippen LogP contribution < -0.4 is 26.4 Å². The molecule has 0 spiro atoms. The number of nitrogens with zero attached hydrogens (tertiary/aromatic N) is 4. The van der Waals surface area contributed by atoms with Crippen molar-refractivity contribution in [1.82, 2.24) is 30.1 Å². The molecule has 3 aromatic heterocycles. The number of aromatic amines is 3. The number of aliphatic hydroxyl groups excluding tert-OH is 1. The van der Waals surface area contributed by atoms with E-state index in [1.54, 1.807) is 0 Å². The molecule has 1 aliphatic heterocycles. The maximum absolute atomic E-state index is 14.6. The van der Waals surface area contributed by atoms with Crippen LogP contribution in [0.1, 0.15) is 5.56 Å². The van der Waals surface area contributed by atoms with Crippen molar-refractivity contribution in [3.63, 3.8) is 0 Å². The number of anilines is 1. The average molecular weight is 449 g/mol. The molecule has 0 saturated carbocycles. The number of aromatic nitrogens is 6. The van der Waals surface area contributed by atoms with Gasteiger partial charge in [0.05, 0.1) is 30.3 Å². The number of alkyl halides is 2. The molecule has 1 aliphatic rings. The summed E-state index contributed by atoms with van der Waals surface area (Å²) in [5.41, 5.74) is -1.89. The van der Waals surface area contributed by atoms with Gasteiger partial charge in [-0.05, 0) is 6.07 Å². The van der Waals surface area contributed by atoms with E-state index in [9.17, 15) is 23.2 Å². The first-order chi connectivity index (χ1) is 15.3. The zero-order valence-corrected chi connectivity index (χ0v) is 16.3. The van der Waals surface area contributed by atoms with E-state index in [4.69, 9.17) is 9.84 Å². The molecule has 4 heterocycles. The van der Waals surface area contributed by atoms with Crippen molar-refractivity contribution in [3.8, 4) is 17.3 Å². The molecule has 1 unspecified atom stereocenters. The van der Waals surface area contributed by atoms with Gasteiger partial charge in [0.2, 0.25) is 0 Å². The van der Waals surface area contributed by atoms with E-state index in [2.05, 4.69) is 25.1 Å². The molecule has 3 aromatic rings. The van der Waals surface area contributed by atoms with Crippen molar-refractivity contribution in [1.29, 1.82) is 0 Å². The molecular formula is C18H17F2N7O5. The Morgan fingerprint density at radius 2 is 1.97 bits per heavy atom. The van der Waals surface area contributed by atoms with Gasteiger partial charge in [0, 0.05) is 30.7 Å². The van der Waals surface area contributed by atoms with Crippen LogP contribution in [0.4, 0.5) is 14.5 Å². The lowest BCUT2D eigenvalue weighted by molar-refractivity contribution is -0.0364. The molecule has 1 saturated heterocycles. The summed E-state index contributed by atoms with van der Waals surface area (Å²) < 4.78 is 34.5. The van der Waals surface area contributed by atoms with E-state index in [-0.39, 0.29) is 36.1 Å². The van der Waals surface area contributed by atoms with E-state index >= 15 is 0 Å². The highest BCUT2D eigenvalue weighted by molar-refractivity contribution is 5.62. The lowest BCUT2D eigenvalue weighted by Gasteiger charge is -2.17. The number of hydrogen-bond acceptors (Lipinski definition) is 9. The molecule has 0 radical (unpaired) electrons. The highest BCUT2D eigenvalue weighted by atomic mass is 19.3. The molecule has 1 atom stereocenters. The topological polar surface area (TPSA) is 170 Å². The van der Waals surface area contributed by atoms with Gasteiger partial charge < -0.3 is 19.7 Å². The summed E-state index contributed by atoms with van der Waals surface area (Å²) in [5, 5.41) is 14.9. The molecule has 32 heavy (non-hydrogen) atoms. The Balaban J connectivity index is 1.54. The molecular weight excluding hydrogens is 432 g/mol. The van der Waals surface area contributed by atoms with Crippen molar-refractivity contribution in [2.45, 2.75) is 12.5 Å². The zero-order chi connectivity index (χ0) is 22.9. The molecule has 168 valence electrons. The number of H-pyrrole nitrogens is 3. The summed E-state index contributed by atoms with van der Waals surface area (Å²) >= 11 is 0. The van der Waals surface area contributed by atoms with Crippen LogP contribution in [-0.4, -0.2) is 60.9 Å². The van der Waals surface area contributed by atoms with Gasteiger partial charge in [-0.2, -0.15) is 5.10 Å². The minimum absolute atomic E-state index is 0.00232. The standard InChI is InChI=1S/C18H17F2N7O5/c19-18(20)8-27(5-10(18)7-32-17-22-2-9(6-28)3-23-17)13-1-12(25-26-15(13)30)11-4-21-16(31)24-14(11)29/h1-4,10,28H,5-8H2,(H,26,30)(H2,21,24,29,31). The third-order valence-electron chi connectivity index (χ3n) is 4.94. The van der Waals surface area contributed by atoms with Gasteiger partial charge in [-0.15, -0.1) is 0 Å². The van der Waals surface area contributed by atoms with Crippen molar-refractivity contribution in [3.05, 3.63) is 61.4 Å². The van der Waals surface area contributed by atoms with Crippen LogP contribution in [0.3, 0.4) is 0 Å². The molecule has 0 aromatic carbocycles. The van der Waals surface area contributed by atoms with Gasteiger partial charge in [-0.3, -0.25) is 14.6 Å². The summed E-state index contributed by atoms with van der Waals surface area (Å²) in [7, 11) is 0. The van der Waals surface area contributed by atoms with Gasteiger partial charge in [0.25, 0.3) is 17.0 Å². The Morgan fingerprint density at radius 3 is 2.66 bits per heavy atom. The minimum atomic E-state index is -3.18. The number of ether oxygens (including phenoxy) is 1. The van der Waals surface area contributed by atoms with Crippen LogP contribution >= 0.6 is 0 Å². The molecule has 14 heteroatoms. The normalized spacial score (nSPS) is 17.5. The second-order valence-electron chi connectivity index (χ2n) is 7.13. The van der Waals surface area contributed by atoms with Crippen molar-refractivity contribution >= 4 is 5.69 Å². The highest BCUT2D eigenvalue weighted by Gasteiger charge is 2.49. The molecule has 0 bridgehead atoms. The van der Waals surface area contributed by atoms with Crippen LogP contribution in [0.25, 0.3) is 11.3 Å². The SMILES string of the molecule is O=c1[nH]cc(-c2cc(N3CC(COc4ncc(CO)cn4)C(F)(F)C3)c(=O)[nH]n2)c(=O)[nH]1. The van der Waals surface area contributed by atoms with Crippen LogP contribution in [0.15, 0.2) is 39.0 Å². The molecule has 12 nitrogen and oxygen atoms in total. The van der Waals surface area contributed by atoms with Crippen molar-refractivity contribution in [2.24, 2.45) is 5.92 Å². The number of halogens is 2. The lowest BCUT2D eigenvalue weighted by Crippen LogP contribution is -2.32. The van der Waals surface area contributed by atoms with Gasteiger partial charge in [0.1, 0.15) is 12.3 Å². The van der Waals surface area contributed by atoms with Crippen molar-refractivity contribution < 1.29 is 18.6 Å². The first kappa shape index (κ1) is 21.3. The fourth-order valence-corrected chi connectivity index (χ4v) is 3.25. The summed E-state index contributed by atoms with van der Waals surface area (Å²) in [4.78, 5) is 48.6. The smallest absolute Gasteiger partial charge is 0.325 e. The second-order valence-corrected chi connectivity index (χ2v) is 7.13. The zero-order valence-electron chi connectivity index (χ0n) is 16.3. The number of rotatable bonds is 6. The molecule has 0 amide bonds. The molecule has 4 N–H and O–H groups in total.